The highest BCUT2D eigenvalue weighted by atomic mass is 16.5. The molecule has 0 fully saturated rings. The summed E-state index contributed by atoms with van der Waals surface area (Å²) in [7, 11) is 1.56. The van der Waals surface area contributed by atoms with Gasteiger partial charge in [-0.25, -0.2) is 9.47 Å². The maximum atomic E-state index is 11.7. The highest BCUT2D eigenvalue weighted by molar-refractivity contribution is 5.53. The van der Waals surface area contributed by atoms with E-state index in [0.717, 1.165) is 16.4 Å². The second-order valence-corrected chi connectivity index (χ2v) is 4.08. The maximum Gasteiger partial charge on any atom is 0.347 e. The minimum atomic E-state index is -0.706. The third-order valence-electron chi connectivity index (χ3n) is 2.74. The number of aromatic amines is 1. The van der Waals surface area contributed by atoms with Crippen LogP contribution in [0.25, 0.3) is 0 Å². The molecule has 0 saturated heterocycles. The summed E-state index contributed by atoms with van der Waals surface area (Å²) in [6.45, 7) is 1.84. The molecule has 2 aromatic rings. The molecule has 1 aromatic heterocycles. The van der Waals surface area contributed by atoms with Crippen molar-refractivity contribution in [1.82, 2.24) is 9.66 Å². The molecule has 0 amide bonds. The zero-order valence-electron chi connectivity index (χ0n) is 10.9. The summed E-state index contributed by atoms with van der Waals surface area (Å²) >= 11 is 0. The fourth-order valence-electron chi connectivity index (χ4n) is 1.65. The maximum absolute atomic E-state index is 11.7. The first kappa shape index (κ1) is 13.4. The minimum Gasteiger partial charge on any atom is -0.497 e. The lowest BCUT2D eigenvalue weighted by Gasteiger charge is -2.12. The molecule has 0 aliphatic carbocycles. The Kier molecular flexibility index (Phi) is 3.57. The zero-order chi connectivity index (χ0) is 14.7. The van der Waals surface area contributed by atoms with Crippen molar-refractivity contribution in [2.75, 3.05) is 12.5 Å². The minimum absolute atomic E-state index is 0.150. The van der Waals surface area contributed by atoms with Crippen LogP contribution in [0.2, 0.25) is 0 Å². The number of nitrogens with one attached hydrogen (secondary N) is 2. The molecule has 1 heterocycles. The van der Waals surface area contributed by atoms with Gasteiger partial charge in [-0.1, -0.05) is 0 Å². The smallest absolute Gasteiger partial charge is 0.347 e. The Hall–Kier alpha value is -3.01. The third-order valence-corrected chi connectivity index (χ3v) is 2.74. The first-order valence-electron chi connectivity index (χ1n) is 5.73. The summed E-state index contributed by atoms with van der Waals surface area (Å²) in [5, 5.41) is 8.79. The quantitative estimate of drug-likeness (QED) is 0.852. The molecule has 0 aliphatic heterocycles. The highest BCUT2D eigenvalue weighted by Gasteiger charge is 2.06. The van der Waals surface area contributed by atoms with E-state index in [4.69, 9.17) is 10.00 Å². The molecule has 7 nitrogen and oxygen atoms in total. The normalized spacial score (nSPS) is 9.85. The number of rotatable bonds is 3. The topological polar surface area (TPSA) is 99.9 Å². The first-order chi connectivity index (χ1) is 9.55. The van der Waals surface area contributed by atoms with E-state index in [1.54, 1.807) is 31.4 Å². The Morgan fingerprint density at radius 2 is 2.15 bits per heavy atom. The summed E-state index contributed by atoms with van der Waals surface area (Å²) < 4.78 is 6.14. The van der Waals surface area contributed by atoms with Crippen molar-refractivity contribution in [2.45, 2.75) is 6.92 Å². The first-order valence-corrected chi connectivity index (χ1v) is 5.73. The summed E-state index contributed by atoms with van der Waals surface area (Å²) in [6.07, 6.45) is 1.16. The zero-order valence-corrected chi connectivity index (χ0v) is 10.9. The average Bonchev–Trinajstić information content (AvgIpc) is 2.43. The van der Waals surface area contributed by atoms with E-state index in [0.29, 0.717) is 11.4 Å². The average molecular weight is 272 g/mol. The van der Waals surface area contributed by atoms with Crippen molar-refractivity contribution < 1.29 is 4.74 Å². The number of hydrogen-bond acceptors (Lipinski definition) is 5. The van der Waals surface area contributed by atoms with E-state index >= 15 is 0 Å². The van der Waals surface area contributed by atoms with Crippen LogP contribution in [0.4, 0.5) is 5.69 Å². The molecule has 7 heteroatoms. The number of nitrogens with zero attached hydrogens (tertiary/aromatic N) is 2. The predicted molar refractivity (Wildman–Crippen MR) is 72.8 cm³/mol. The van der Waals surface area contributed by atoms with Gasteiger partial charge in [0.05, 0.1) is 19.0 Å². The van der Waals surface area contributed by atoms with E-state index in [9.17, 15) is 9.59 Å². The second kappa shape index (κ2) is 5.32. The van der Waals surface area contributed by atoms with Crippen molar-refractivity contribution in [3.8, 4) is 11.8 Å². The van der Waals surface area contributed by atoms with Crippen LogP contribution in [0.5, 0.6) is 5.75 Å². The van der Waals surface area contributed by atoms with Gasteiger partial charge in [0.25, 0.3) is 5.56 Å². The van der Waals surface area contributed by atoms with Crippen molar-refractivity contribution in [1.29, 1.82) is 5.26 Å². The molecule has 0 unspecified atom stereocenters. The lowest BCUT2D eigenvalue weighted by Crippen LogP contribution is -2.34. The molecule has 0 atom stereocenters. The summed E-state index contributed by atoms with van der Waals surface area (Å²) in [5.41, 5.74) is 2.82. The number of hydrogen-bond donors (Lipinski definition) is 2. The predicted octanol–water partition coefficient (Wildman–Crippen LogP) is 0.600. The summed E-state index contributed by atoms with van der Waals surface area (Å²) in [4.78, 5) is 25.0. The molecular formula is C13H12N4O3. The van der Waals surface area contributed by atoms with Crippen molar-refractivity contribution >= 4 is 5.69 Å². The highest BCUT2D eigenvalue weighted by Crippen LogP contribution is 2.20. The molecule has 2 N–H and O–H groups in total. The van der Waals surface area contributed by atoms with Gasteiger partial charge < -0.3 is 4.74 Å². The molecule has 20 heavy (non-hydrogen) atoms. The fourth-order valence-corrected chi connectivity index (χ4v) is 1.65. The van der Waals surface area contributed by atoms with E-state index in [-0.39, 0.29) is 5.56 Å². The second-order valence-electron chi connectivity index (χ2n) is 4.08. The fraction of sp³-hybridized carbons (Fsp3) is 0.154. The molecule has 102 valence electrons. The summed E-state index contributed by atoms with van der Waals surface area (Å²) in [6, 6.07) is 6.98. The number of aromatic nitrogens is 2. The van der Waals surface area contributed by atoms with Gasteiger partial charge >= 0.3 is 5.69 Å². The Bertz CT molecular complexity index is 798. The molecule has 0 radical (unpaired) electrons. The van der Waals surface area contributed by atoms with Gasteiger partial charge in [-0.15, -0.1) is 0 Å². The number of methoxy groups -OCH3 is 1. The van der Waals surface area contributed by atoms with Crippen LogP contribution in [-0.4, -0.2) is 16.8 Å². The van der Waals surface area contributed by atoms with E-state index < -0.39 is 11.2 Å². The number of nitriles is 1. The third kappa shape index (κ3) is 2.54. The van der Waals surface area contributed by atoms with Crippen LogP contribution >= 0.6 is 0 Å². The van der Waals surface area contributed by atoms with Gasteiger partial charge in [0.1, 0.15) is 17.4 Å². The van der Waals surface area contributed by atoms with Crippen LogP contribution in [0.15, 0.2) is 34.0 Å². The number of aryl methyl sites for hydroxylation is 1. The Morgan fingerprint density at radius 3 is 2.75 bits per heavy atom. The van der Waals surface area contributed by atoms with Gasteiger partial charge in [-0.05, 0) is 30.7 Å². The van der Waals surface area contributed by atoms with Crippen LogP contribution in [0.3, 0.4) is 0 Å². The van der Waals surface area contributed by atoms with E-state index in [1.165, 1.54) is 0 Å². The van der Waals surface area contributed by atoms with Crippen molar-refractivity contribution in [3.05, 3.63) is 56.4 Å². The van der Waals surface area contributed by atoms with Gasteiger partial charge in [0.2, 0.25) is 0 Å². The Labute approximate surface area is 114 Å². The van der Waals surface area contributed by atoms with Gasteiger partial charge in [-0.2, -0.15) is 5.26 Å². The molecule has 0 bridgehead atoms. The number of H-pyrrole nitrogens is 1. The van der Waals surface area contributed by atoms with Crippen LogP contribution in [0, 0.1) is 18.3 Å². The number of ether oxygens (including phenoxy) is 1. The van der Waals surface area contributed by atoms with Crippen LogP contribution < -0.4 is 21.4 Å². The van der Waals surface area contributed by atoms with Gasteiger partial charge in [-0.3, -0.25) is 15.2 Å². The monoisotopic (exact) mass is 272 g/mol. The lowest BCUT2D eigenvalue weighted by atomic mass is 10.2. The van der Waals surface area contributed by atoms with Gasteiger partial charge in [0, 0.05) is 0 Å². The van der Waals surface area contributed by atoms with E-state index in [1.807, 2.05) is 6.92 Å². The molecular weight excluding hydrogens is 260 g/mol. The standard InChI is InChI=1S/C13H12N4O3/c1-8-5-10(20-2)3-4-11(8)16-17-7-9(6-14)12(18)15-13(17)19/h3-5,7,16H,1-2H3,(H,15,18,19). The van der Waals surface area contributed by atoms with Gasteiger partial charge in [0.15, 0.2) is 0 Å². The molecule has 0 aliphatic rings. The number of benzene rings is 1. The van der Waals surface area contributed by atoms with Crippen molar-refractivity contribution in [3.63, 3.8) is 0 Å². The van der Waals surface area contributed by atoms with E-state index in [2.05, 4.69) is 10.4 Å². The molecule has 0 spiro atoms. The largest absolute Gasteiger partial charge is 0.497 e. The Balaban J connectivity index is 2.43. The van der Waals surface area contributed by atoms with Crippen LogP contribution in [-0.2, 0) is 0 Å². The summed E-state index contributed by atoms with van der Waals surface area (Å²) in [5.74, 6) is 0.694. The molecule has 1 aromatic carbocycles. The van der Waals surface area contributed by atoms with Crippen molar-refractivity contribution in [2.24, 2.45) is 0 Å². The molecule has 0 saturated carbocycles. The van der Waals surface area contributed by atoms with Crippen LogP contribution in [0.1, 0.15) is 11.1 Å². The number of anilines is 1. The Morgan fingerprint density at radius 1 is 1.40 bits per heavy atom. The SMILES string of the molecule is COc1ccc(Nn2cc(C#N)c(=O)[nH]c2=O)c(C)c1. The lowest BCUT2D eigenvalue weighted by molar-refractivity contribution is 0.414. The molecule has 2 rings (SSSR count).